The summed E-state index contributed by atoms with van der Waals surface area (Å²) < 4.78 is 5.14. The molecule has 1 unspecified atom stereocenters. The Morgan fingerprint density at radius 3 is 2.20 bits per heavy atom. The van der Waals surface area contributed by atoms with Gasteiger partial charge in [-0.15, -0.1) is 0 Å². The first-order chi connectivity index (χ1) is 4.04. The molecule has 0 radical (unpaired) electrons. The van der Waals surface area contributed by atoms with Gasteiger partial charge in [0.1, 0.15) is 6.23 Å². The summed E-state index contributed by atoms with van der Waals surface area (Å²) in [6.07, 6.45) is -1.31. The molecule has 0 aliphatic carbocycles. The molecule has 0 aliphatic heterocycles. The van der Waals surface area contributed by atoms with Crippen LogP contribution in [0.5, 0.6) is 0 Å². The van der Waals surface area contributed by atoms with E-state index in [2.05, 4.69) is 30.4 Å². The number of hydrogen-bond acceptors (Lipinski definition) is 5. The Bertz CT molecular complexity index is 111. The fourth-order valence-electron chi connectivity index (χ4n) is 0.206. The SMILES string of the molecule is CC(N)OC(=O)N(S)S.[KH]. The van der Waals surface area contributed by atoms with Gasteiger partial charge < -0.3 is 4.74 Å². The molecular formula is C3H9KN2O2S2. The molecule has 4 nitrogen and oxygen atoms in total. The van der Waals surface area contributed by atoms with Crippen LogP contribution in [0.2, 0.25) is 0 Å². The molecule has 56 valence electrons. The number of thiol groups is 2. The number of hydrogen-bond donors (Lipinski definition) is 3. The van der Waals surface area contributed by atoms with Crippen molar-refractivity contribution in [3.05, 3.63) is 0 Å². The number of nitrogens with zero attached hydrogens (tertiary/aromatic N) is 1. The standard InChI is InChI=1S/C3H8N2O2S2.K.H/c1-2(4)7-3(6)5(8)9;;/h2,8-9H,4H2,1H3;;. The van der Waals surface area contributed by atoms with Gasteiger partial charge in [-0.3, -0.25) is 5.73 Å². The Morgan fingerprint density at radius 2 is 2.10 bits per heavy atom. The van der Waals surface area contributed by atoms with Gasteiger partial charge in [0.25, 0.3) is 0 Å². The van der Waals surface area contributed by atoms with Gasteiger partial charge >= 0.3 is 57.5 Å². The summed E-state index contributed by atoms with van der Waals surface area (Å²) in [6, 6.07) is 0. The van der Waals surface area contributed by atoms with Crippen LogP contribution in [0.3, 0.4) is 0 Å². The summed E-state index contributed by atoms with van der Waals surface area (Å²) in [6.45, 7) is 1.53. The van der Waals surface area contributed by atoms with Crippen molar-refractivity contribution in [2.24, 2.45) is 5.73 Å². The van der Waals surface area contributed by atoms with Crippen LogP contribution in [0.1, 0.15) is 6.92 Å². The molecule has 1 amide bonds. The van der Waals surface area contributed by atoms with E-state index in [0.717, 1.165) is 0 Å². The molecule has 0 bridgehead atoms. The van der Waals surface area contributed by atoms with Crippen molar-refractivity contribution in [1.29, 1.82) is 0 Å². The molecule has 0 spiro atoms. The molecule has 0 heterocycles. The second-order valence-corrected chi connectivity index (χ2v) is 2.49. The Kier molecular flexibility index (Phi) is 10.2. The first-order valence-electron chi connectivity index (χ1n) is 2.18. The van der Waals surface area contributed by atoms with E-state index in [-0.39, 0.29) is 51.4 Å². The molecule has 0 rings (SSSR count). The normalized spacial score (nSPS) is 11.2. The summed E-state index contributed by atoms with van der Waals surface area (Å²) in [5.74, 6) is 0. The average Bonchev–Trinajstić information content (AvgIpc) is 1.63. The first kappa shape index (κ1) is 14.1. The number of ether oxygens (including phenoxy) is 1. The fourth-order valence-corrected chi connectivity index (χ4v) is 0.300. The molecule has 0 fully saturated rings. The van der Waals surface area contributed by atoms with Crippen molar-refractivity contribution in [1.82, 2.24) is 3.71 Å². The Morgan fingerprint density at radius 1 is 1.70 bits per heavy atom. The van der Waals surface area contributed by atoms with Crippen LogP contribution in [-0.4, -0.2) is 67.4 Å². The summed E-state index contributed by atoms with van der Waals surface area (Å²) in [5, 5.41) is 0. The van der Waals surface area contributed by atoms with Crippen LogP contribution in [0.15, 0.2) is 0 Å². The van der Waals surface area contributed by atoms with Crippen molar-refractivity contribution in [2.45, 2.75) is 13.2 Å². The third-order valence-corrected chi connectivity index (χ3v) is 0.777. The molecule has 0 aromatic carbocycles. The van der Waals surface area contributed by atoms with E-state index in [4.69, 9.17) is 5.73 Å². The Labute approximate surface area is 113 Å². The number of carbonyl (C=O) groups is 1. The van der Waals surface area contributed by atoms with Crippen LogP contribution in [0, 0.1) is 0 Å². The van der Waals surface area contributed by atoms with E-state index in [1.54, 1.807) is 0 Å². The fraction of sp³-hybridized carbons (Fsp3) is 0.667. The number of nitrogens with two attached hydrogens (primary N) is 1. The number of carbonyl (C=O) groups excluding carboxylic acids is 1. The van der Waals surface area contributed by atoms with E-state index >= 15 is 0 Å². The molecular weight excluding hydrogens is 199 g/mol. The van der Waals surface area contributed by atoms with Gasteiger partial charge in [0.2, 0.25) is 0 Å². The summed E-state index contributed by atoms with van der Waals surface area (Å²) in [7, 11) is 0. The van der Waals surface area contributed by atoms with Crippen molar-refractivity contribution in [2.75, 3.05) is 0 Å². The van der Waals surface area contributed by atoms with E-state index in [9.17, 15) is 4.79 Å². The summed E-state index contributed by atoms with van der Waals surface area (Å²) in [5.41, 5.74) is 5.09. The molecule has 0 saturated heterocycles. The van der Waals surface area contributed by atoms with Gasteiger partial charge in [0, 0.05) is 0 Å². The third kappa shape index (κ3) is 7.67. The zero-order valence-electron chi connectivity index (χ0n) is 4.81. The molecule has 0 saturated carbocycles. The van der Waals surface area contributed by atoms with Crippen LogP contribution in [0.4, 0.5) is 4.79 Å². The number of rotatable bonds is 1. The minimum atomic E-state index is -0.684. The predicted octanol–water partition coefficient (Wildman–Crippen LogP) is -0.229. The van der Waals surface area contributed by atoms with Crippen LogP contribution >= 0.6 is 25.6 Å². The van der Waals surface area contributed by atoms with E-state index < -0.39 is 12.3 Å². The van der Waals surface area contributed by atoms with Gasteiger partial charge in [0.15, 0.2) is 0 Å². The van der Waals surface area contributed by atoms with Gasteiger partial charge in [0.05, 0.1) is 0 Å². The second kappa shape index (κ2) is 7.23. The number of amides is 1. The van der Waals surface area contributed by atoms with Crippen LogP contribution in [-0.2, 0) is 4.74 Å². The average molecular weight is 208 g/mol. The van der Waals surface area contributed by atoms with Crippen LogP contribution in [0.25, 0.3) is 0 Å². The topological polar surface area (TPSA) is 55.6 Å². The summed E-state index contributed by atoms with van der Waals surface area (Å²) >= 11 is 7.07. The van der Waals surface area contributed by atoms with Crippen molar-refractivity contribution < 1.29 is 9.53 Å². The molecule has 0 aromatic rings. The van der Waals surface area contributed by atoms with Gasteiger partial charge in [-0.25, -0.2) is 4.79 Å². The van der Waals surface area contributed by atoms with Gasteiger partial charge in [-0.1, -0.05) is 0 Å². The van der Waals surface area contributed by atoms with E-state index in [0.29, 0.717) is 3.71 Å². The maximum absolute atomic E-state index is 10.4. The summed E-state index contributed by atoms with van der Waals surface area (Å²) in [4.78, 5) is 10.4. The quantitative estimate of drug-likeness (QED) is 0.317. The van der Waals surface area contributed by atoms with Crippen molar-refractivity contribution >= 4 is 83.1 Å². The molecule has 0 aromatic heterocycles. The van der Waals surface area contributed by atoms with E-state index in [1.165, 1.54) is 6.92 Å². The predicted molar refractivity (Wildman–Crippen MR) is 47.1 cm³/mol. The van der Waals surface area contributed by atoms with Gasteiger partial charge in [-0.2, -0.15) is 3.71 Å². The van der Waals surface area contributed by atoms with Crippen LogP contribution < -0.4 is 5.73 Å². The minimum absolute atomic E-state index is 0. The zero-order valence-corrected chi connectivity index (χ0v) is 6.60. The molecule has 2 N–H and O–H groups in total. The molecule has 0 aliphatic rings. The molecule has 7 heteroatoms. The van der Waals surface area contributed by atoms with Crippen molar-refractivity contribution in [3.63, 3.8) is 0 Å². The Balaban J connectivity index is 0. The van der Waals surface area contributed by atoms with Crippen molar-refractivity contribution in [3.8, 4) is 0 Å². The van der Waals surface area contributed by atoms with Gasteiger partial charge in [-0.05, 0) is 32.6 Å². The second-order valence-electron chi connectivity index (χ2n) is 1.38. The monoisotopic (exact) mass is 208 g/mol. The van der Waals surface area contributed by atoms with E-state index in [1.807, 2.05) is 0 Å². The molecule has 1 atom stereocenters. The Hall–Kier alpha value is 1.57. The third-order valence-electron chi connectivity index (χ3n) is 0.450. The molecule has 10 heavy (non-hydrogen) atoms. The zero-order chi connectivity index (χ0) is 7.44. The first-order valence-corrected chi connectivity index (χ1v) is 2.98. The maximum atomic E-state index is 10.4.